The van der Waals surface area contributed by atoms with E-state index < -0.39 is 11.5 Å². The van der Waals surface area contributed by atoms with E-state index >= 15 is 0 Å². The standard InChI is InChI=1S/C20H32O3/c1-13-7-19-6-5-17-18(2,16(19)4-3-14(13)8-19)9-15(23)10-20(17,11-21)12-22/h14-17,21-23H,1,3-12H2,2H3/t14-,15+,16+,17+,18+,19-/m1/s1. The van der Waals surface area contributed by atoms with E-state index in [0.717, 1.165) is 18.8 Å². The number of hydrogen-bond donors (Lipinski definition) is 3. The van der Waals surface area contributed by atoms with E-state index in [1.807, 2.05) is 0 Å². The first-order valence-electron chi connectivity index (χ1n) is 9.47. The van der Waals surface area contributed by atoms with Gasteiger partial charge in [0.15, 0.2) is 0 Å². The molecule has 0 unspecified atom stereocenters. The molecule has 0 aromatic rings. The summed E-state index contributed by atoms with van der Waals surface area (Å²) in [7, 11) is 0. The van der Waals surface area contributed by atoms with E-state index in [4.69, 9.17) is 0 Å². The van der Waals surface area contributed by atoms with Crippen LogP contribution in [0.25, 0.3) is 0 Å². The molecule has 4 aliphatic rings. The van der Waals surface area contributed by atoms with E-state index in [1.165, 1.54) is 37.7 Å². The Kier molecular flexibility index (Phi) is 3.54. The van der Waals surface area contributed by atoms with Crippen molar-refractivity contribution >= 4 is 0 Å². The molecule has 23 heavy (non-hydrogen) atoms. The molecule has 0 amide bonds. The molecule has 0 aromatic heterocycles. The molecule has 3 heteroatoms. The van der Waals surface area contributed by atoms with Crippen molar-refractivity contribution in [3.8, 4) is 0 Å². The second-order valence-corrected chi connectivity index (χ2v) is 9.57. The second kappa shape index (κ2) is 5.06. The molecule has 4 saturated carbocycles. The average molecular weight is 320 g/mol. The highest BCUT2D eigenvalue weighted by Crippen LogP contribution is 2.72. The summed E-state index contributed by atoms with van der Waals surface area (Å²) in [4.78, 5) is 0. The number of fused-ring (bicyclic) bond motifs is 3. The van der Waals surface area contributed by atoms with Crippen LogP contribution in [0.1, 0.15) is 58.3 Å². The van der Waals surface area contributed by atoms with Gasteiger partial charge >= 0.3 is 0 Å². The van der Waals surface area contributed by atoms with Crippen LogP contribution in [0.2, 0.25) is 0 Å². The summed E-state index contributed by atoms with van der Waals surface area (Å²) < 4.78 is 0. The van der Waals surface area contributed by atoms with Crippen molar-refractivity contribution in [3.05, 3.63) is 12.2 Å². The Hall–Kier alpha value is -0.380. The van der Waals surface area contributed by atoms with E-state index in [-0.39, 0.29) is 18.6 Å². The lowest BCUT2D eigenvalue weighted by Crippen LogP contribution is -2.61. The zero-order valence-electron chi connectivity index (χ0n) is 14.4. The molecule has 0 heterocycles. The van der Waals surface area contributed by atoms with Crippen LogP contribution < -0.4 is 0 Å². The molecule has 0 radical (unpaired) electrons. The Morgan fingerprint density at radius 1 is 1.04 bits per heavy atom. The van der Waals surface area contributed by atoms with Gasteiger partial charge in [-0.2, -0.15) is 0 Å². The first kappa shape index (κ1) is 16.1. The SMILES string of the molecule is C=C1C[C@@]23CC[C@@H]4C(CO)(CO)C[C@@H](O)C[C@@]4(C)[C@@H]2CC[C@@H]1C3. The van der Waals surface area contributed by atoms with Gasteiger partial charge in [0.25, 0.3) is 0 Å². The molecule has 130 valence electrons. The van der Waals surface area contributed by atoms with Crippen LogP contribution in [0.3, 0.4) is 0 Å². The van der Waals surface area contributed by atoms with Crippen LogP contribution in [0.15, 0.2) is 12.2 Å². The van der Waals surface area contributed by atoms with Crippen molar-refractivity contribution < 1.29 is 15.3 Å². The zero-order valence-corrected chi connectivity index (χ0v) is 14.4. The lowest BCUT2D eigenvalue weighted by molar-refractivity contribution is -0.200. The minimum absolute atomic E-state index is 0.00410. The molecule has 4 fully saturated rings. The number of rotatable bonds is 2. The molecule has 6 atom stereocenters. The molecule has 4 aliphatic carbocycles. The van der Waals surface area contributed by atoms with Crippen LogP contribution >= 0.6 is 0 Å². The molecule has 0 saturated heterocycles. The molecule has 2 bridgehead atoms. The fourth-order valence-electron chi connectivity index (χ4n) is 7.83. The Labute approximate surface area is 139 Å². The highest BCUT2D eigenvalue weighted by Gasteiger charge is 2.65. The third kappa shape index (κ3) is 1.99. The minimum Gasteiger partial charge on any atom is -0.396 e. The van der Waals surface area contributed by atoms with E-state index in [0.29, 0.717) is 23.7 Å². The zero-order chi connectivity index (χ0) is 16.5. The Morgan fingerprint density at radius 3 is 2.48 bits per heavy atom. The summed E-state index contributed by atoms with van der Waals surface area (Å²) in [5.74, 6) is 1.66. The van der Waals surface area contributed by atoms with Crippen LogP contribution in [0.5, 0.6) is 0 Å². The smallest absolute Gasteiger partial charge is 0.0552 e. The predicted molar refractivity (Wildman–Crippen MR) is 89.7 cm³/mol. The van der Waals surface area contributed by atoms with Gasteiger partial charge in [-0.1, -0.05) is 19.1 Å². The lowest BCUT2D eigenvalue weighted by atomic mass is 9.40. The summed E-state index contributed by atoms with van der Waals surface area (Å²) in [6, 6.07) is 0. The van der Waals surface area contributed by atoms with Gasteiger partial charge in [-0.25, -0.2) is 0 Å². The first-order chi connectivity index (χ1) is 10.9. The molecule has 1 spiro atoms. The average Bonchev–Trinajstić information content (AvgIpc) is 2.74. The van der Waals surface area contributed by atoms with Crippen LogP contribution in [-0.4, -0.2) is 34.6 Å². The highest BCUT2D eigenvalue weighted by molar-refractivity contribution is 5.22. The van der Waals surface area contributed by atoms with E-state index in [9.17, 15) is 15.3 Å². The Morgan fingerprint density at radius 2 is 1.78 bits per heavy atom. The predicted octanol–water partition coefficient (Wildman–Crippen LogP) is 2.89. The van der Waals surface area contributed by atoms with Gasteiger partial charge in [-0.3, -0.25) is 0 Å². The molecule has 4 rings (SSSR count). The summed E-state index contributed by atoms with van der Waals surface area (Å²) in [6.45, 7) is 6.70. The summed E-state index contributed by atoms with van der Waals surface area (Å²) >= 11 is 0. The van der Waals surface area contributed by atoms with Crippen molar-refractivity contribution in [1.82, 2.24) is 0 Å². The summed E-state index contributed by atoms with van der Waals surface area (Å²) in [5, 5.41) is 30.8. The first-order valence-corrected chi connectivity index (χ1v) is 9.47. The highest BCUT2D eigenvalue weighted by atomic mass is 16.3. The van der Waals surface area contributed by atoms with Gasteiger partial charge in [0, 0.05) is 5.41 Å². The number of hydrogen-bond acceptors (Lipinski definition) is 3. The van der Waals surface area contributed by atoms with E-state index in [2.05, 4.69) is 13.5 Å². The third-order valence-electron chi connectivity index (χ3n) is 8.56. The topological polar surface area (TPSA) is 60.7 Å². The second-order valence-electron chi connectivity index (χ2n) is 9.57. The number of allylic oxidation sites excluding steroid dienone is 1. The minimum atomic E-state index is -0.500. The molecule has 0 aliphatic heterocycles. The summed E-state index contributed by atoms with van der Waals surface area (Å²) in [6.07, 6.45) is 8.23. The van der Waals surface area contributed by atoms with Gasteiger partial charge in [-0.05, 0) is 80.0 Å². The fraction of sp³-hybridized carbons (Fsp3) is 0.900. The third-order valence-corrected chi connectivity index (χ3v) is 8.56. The normalized spacial score (nSPS) is 51.2. The number of aliphatic hydroxyl groups excluding tert-OH is 3. The van der Waals surface area contributed by atoms with Crippen molar-refractivity contribution in [1.29, 1.82) is 0 Å². The lowest BCUT2D eigenvalue weighted by Gasteiger charge is -2.65. The Bertz CT molecular complexity index is 511. The fourth-order valence-corrected chi connectivity index (χ4v) is 7.83. The van der Waals surface area contributed by atoms with Gasteiger partial charge in [-0.15, -0.1) is 0 Å². The van der Waals surface area contributed by atoms with Crippen LogP contribution in [-0.2, 0) is 0 Å². The van der Waals surface area contributed by atoms with Gasteiger partial charge < -0.3 is 15.3 Å². The molecule has 0 aromatic carbocycles. The largest absolute Gasteiger partial charge is 0.396 e. The molecular weight excluding hydrogens is 288 g/mol. The summed E-state index contributed by atoms with van der Waals surface area (Å²) in [5.41, 5.74) is 1.39. The van der Waals surface area contributed by atoms with Gasteiger partial charge in [0.05, 0.1) is 19.3 Å². The van der Waals surface area contributed by atoms with Crippen molar-refractivity contribution in [2.24, 2.45) is 34.0 Å². The number of aliphatic hydroxyl groups is 3. The quantitative estimate of drug-likeness (QED) is 0.686. The van der Waals surface area contributed by atoms with E-state index in [1.54, 1.807) is 0 Å². The van der Waals surface area contributed by atoms with Gasteiger partial charge in [0.1, 0.15) is 0 Å². The monoisotopic (exact) mass is 320 g/mol. The van der Waals surface area contributed by atoms with Crippen LogP contribution in [0, 0.1) is 34.0 Å². The molecular formula is C20H32O3. The molecule has 3 nitrogen and oxygen atoms in total. The van der Waals surface area contributed by atoms with Crippen molar-refractivity contribution in [2.45, 2.75) is 64.4 Å². The van der Waals surface area contributed by atoms with Gasteiger partial charge in [0.2, 0.25) is 0 Å². The van der Waals surface area contributed by atoms with Crippen molar-refractivity contribution in [2.75, 3.05) is 13.2 Å². The van der Waals surface area contributed by atoms with Crippen molar-refractivity contribution in [3.63, 3.8) is 0 Å². The van der Waals surface area contributed by atoms with Crippen LogP contribution in [0.4, 0.5) is 0 Å². The Balaban J connectivity index is 1.75. The maximum absolute atomic E-state index is 10.6. The maximum atomic E-state index is 10.6. The molecule has 3 N–H and O–H groups in total. The maximum Gasteiger partial charge on any atom is 0.0552 e.